The van der Waals surface area contributed by atoms with Crippen LogP contribution in [0.1, 0.15) is 6.42 Å². The molecule has 1 aliphatic heterocycles. The van der Waals surface area contributed by atoms with Crippen LogP contribution in [0, 0.1) is 0 Å². The Morgan fingerprint density at radius 3 is 2.50 bits per heavy atom. The number of nitrogens with one attached hydrogen (secondary N) is 1. The van der Waals surface area contributed by atoms with Crippen LogP contribution in [-0.2, 0) is 0 Å². The number of hydrogen-bond donors (Lipinski definition) is 5. The number of rotatable bonds is 1. The fraction of sp³-hybridized carbons (Fsp3) is 1.00. The summed E-state index contributed by atoms with van der Waals surface area (Å²) in [6.07, 6.45) is -2.49. The van der Waals surface area contributed by atoms with Crippen LogP contribution < -0.4 is 5.32 Å². The van der Waals surface area contributed by atoms with E-state index < -0.39 is 24.4 Å². The first-order chi connectivity index (χ1) is 5.65. The average Bonchev–Trinajstić information content (AvgIpc) is 2.14. The lowest BCUT2D eigenvalue weighted by Crippen LogP contribution is -2.46. The summed E-state index contributed by atoms with van der Waals surface area (Å²) in [7, 11) is 0. The van der Waals surface area contributed by atoms with Crippen LogP contribution in [0.15, 0.2) is 0 Å². The zero-order valence-electron chi connectivity index (χ0n) is 6.72. The Morgan fingerprint density at radius 1 is 1.25 bits per heavy atom. The molecule has 0 bridgehead atoms. The smallest absolute Gasteiger partial charge is 0.0975 e. The summed E-state index contributed by atoms with van der Waals surface area (Å²) in [6, 6.07) is -0.544. The molecule has 72 valence electrons. The first-order valence-corrected chi connectivity index (χ1v) is 4.03. The molecule has 0 radical (unpaired) electrons. The molecule has 0 aromatic rings. The molecule has 1 fully saturated rings. The van der Waals surface area contributed by atoms with Crippen LogP contribution in [0.2, 0.25) is 0 Å². The van der Waals surface area contributed by atoms with Crippen LogP contribution in [0.25, 0.3) is 0 Å². The second kappa shape index (κ2) is 4.15. The topological polar surface area (TPSA) is 93.0 Å². The molecule has 4 atom stereocenters. The summed E-state index contributed by atoms with van der Waals surface area (Å²) >= 11 is 0. The quantitative estimate of drug-likeness (QED) is 0.303. The molecular formula is C7H15NO4. The van der Waals surface area contributed by atoms with Crippen molar-refractivity contribution in [2.24, 2.45) is 0 Å². The molecular weight excluding hydrogens is 162 g/mol. The molecule has 12 heavy (non-hydrogen) atoms. The third-order valence-electron chi connectivity index (χ3n) is 2.13. The molecule has 1 heterocycles. The van der Waals surface area contributed by atoms with Gasteiger partial charge in [-0.15, -0.1) is 0 Å². The van der Waals surface area contributed by atoms with Gasteiger partial charge in [0.05, 0.1) is 31.0 Å². The summed E-state index contributed by atoms with van der Waals surface area (Å²) in [6.45, 7) is 0.0459. The summed E-state index contributed by atoms with van der Waals surface area (Å²) in [5, 5.41) is 39.3. The Labute approximate surface area is 70.6 Å². The van der Waals surface area contributed by atoms with E-state index in [1.165, 1.54) is 0 Å². The first kappa shape index (κ1) is 9.88. The van der Waals surface area contributed by atoms with Gasteiger partial charge in [-0.3, -0.25) is 0 Å². The average molecular weight is 177 g/mol. The predicted octanol–water partition coefficient (Wildman–Crippen LogP) is -2.58. The summed E-state index contributed by atoms with van der Waals surface area (Å²) in [4.78, 5) is 0. The summed E-state index contributed by atoms with van der Waals surface area (Å²) in [5.41, 5.74) is 0. The number of aliphatic hydroxyl groups is 4. The highest BCUT2D eigenvalue weighted by atomic mass is 16.3. The van der Waals surface area contributed by atoms with Gasteiger partial charge < -0.3 is 25.7 Å². The van der Waals surface area contributed by atoms with Gasteiger partial charge in [0.15, 0.2) is 0 Å². The summed E-state index contributed by atoms with van der Waals surface area (Å²) in [5.74, 6) is 0. The van der Waals surface area contributed by atoms with Crippen molar-refractivity contribution in [3.8, 4) is 0 Å². The predicted molar refractivity (Wildman–Crippen MR) is 41.5 cm³/mol. The van der Waals surface area contributed by atoms with Gasteiger partial charge in [-0.05, 0) is 0 Å². The maximum atomic E-state index is 9.35. The minimum atomic E-state index is -1.01. The molecule has 1 rings (SSSR count). The molecule has 0 saturated carbocycles. The van der Waals surface area contributed by atoms with E-state index in [2.05, 4.69) is 5.32 Å². The third-order valence-corrected chi connectivity index (χ3v) is 2.13. The van der Waals surface area contributed by atoms with E-state index in [1.54, 1.807) is 0 Å². The van der Waals surface area contributed by atoms with Crippen LogP contribution in [0.5, 0.6) is 0 Å². The standard InChI is InChI=1S/C7H15NO4/c9-3-5-7(12)6(11)1-4(10)2-8-5/h4-12H,1-3H2/t4-,5+,6+,7+/m0/s1. The van der Waals surface area contributed by atoms with Gasteiger partial charge in [0.1, 0.15) is 0 Å². The fourth-order valence-corrected chi connectivity index (χ4v) is 1.35. The lowest BCUT2D eigenvalue weighted by Gasteiger charge is -2.21. The Hall–Kier alpha value is -0.200. The highest BCUT2D eigenvalue weighted by Gasteiger charge is 2.30. The molecule has 0 unspecified atom stereocenters. The van der Waals surface area contributed by atoms with Crippen molar-refractivity contribution in [2.75, 3.05) is 13.2 Å². The Kier molecular flexibility index (Phi) is 3.42. The van der Waals surface area contributed by atoms with E-state index in [-0.39, 0.29) is 13.0 Å². The van der Waals surface area contributed by atoms with E-state index in [4.69, 9.17) is 5.11 Å². The van der Waals surface area contributed by atoms with E-state index in [9.17, 15) is 15.3 Å². The highest BCUT2D eigenvalue weighted by molar-refractivity contribution is 4.87. The zero-order valence-corrected chi connectivity index (χ0v) is 6.72. The largest absolute Gasteiger partial charge is 0.395 e. The van der Waals surface area contributed by atoms with Gasteiger partial charge in [-0.25, -0.2) is 0 Å². The zero-order chi connectivity index (χ0) is 9.14. The Morgan fingerprint density at radius 2 is 1.92 bits per heavy atom. The maximum Gasteiger partial charge on any atom is 0.0975 e. The first-order valence-electron chi connectivity index (χ1n) is 4.03. The second-order valence-electron chi connectivity index (χ2n) is 3.14. The van der Waals surface area contributed by atoms with Gasteiger partial charge in [-0.2, -0.15) is 0 Å². The number of β-amino-alcohol motifs (C(OH)–C–C–N with tert-alkyl or cyclic N) is 1. The highest BCUT2D eigenvalue weighted by Crippen LogP contribution is 2.10. The molecule has 5 heteroatoms. The molecule has 1 aliphatic rings. The van der Waals surface area contributed by atoms with Gasteiger partial charge >= 0.3 is 0 Å². The number of aliphatic hydroxyl groups excluding tert-OH is 4. The van der Waals surface area contributed by atoms with Gasteiger partial charge in [0.2, 0.25) is 0 Å². The van der Waals surface area contributed by atoms with Crippen molar-refractivity contribution in [3.63, 3.8) is 0 Å². The molecule has 1 saturated heterocycles. The van der Waals surface area contributed by atoms with Gasteiger partial charge in [-0.1, -0.05) is 0 Å². The van der Waals surface area contributed by atoms with Crippen molar-refractivity contribution < 1.29 is 20.4 Å². The SMILES string of the molecule is OC[C@H]1NC[C@@H](O)C[C@@H](O)[C@@H]1O. The lowest BCUT2D eigenvalue weighted by atomic mass is 10.0. The molecule has 0 aromatic heterocycles. The minimum Gasteiger partial charge on any atom is -0.395 e. The van der Waals surface area contributed by atoms with Gasteiger partial charge in [0.25, 0.3) is 0 Å². The molecule has 5 N–H and O–H groups in total. The molecule has 0 aromatic carbocycles. The minimum absolute atomic E-state index is 0.144. The van der Waals surface area contributed by atoms with Crippen molar-refractivity contribution in [3.05, 3.63) is 0 Å². The third kappa shape index (κ3) is 2.15. The summed E-state index contributed by atoms with van der Waals surface area (Å²) < 4.78 is 0. The molecule has 0 aliphatic carbocycles. The van der Waals surface area contributed by atoms with Crippen molar-refractivity contribution in [1.29, 1.82) is 0 Å². The van der Waals surface area contributed by atoms with E-state index in [1.807, 2.05) is 0 Å². The lowest BCUT2D eigenvalue weighted by molar-refractivity contribution is -0.0197. The van der Waals surface area contributed by atoms with E-state index in [0.29, 0.717) is 6.54 Å². The fourth-order valence-electron chi connectivity index (χ4n) is 1.35. The molecule has 0 spiro atoms. The Balaban J connectivity index is 2.56. The maximum absolute atomic E-state index is 9.35. The normalized spacial score (nSPS) is 44.0. The molecule has 0 amide bonds. The monoisotopic (exact) mass is 177 g/mol. The van der Waals surface area contributed by atoms with Crippen molar-refractivity contribution >= 4 is 0 Å². The number of hydrogen-bond acceptors (Lipinski definition) is 5. The second-order valence-corrected chi connectivity index (χ2v) is 3.14. The van der Waals surface area contributed by atoms with Crippen molar-refractivity contribution in [2.45, 2.75) is 30.8 Å². The van der Waals surface area contributed by atoms with Crippen LogP contribution >= 0.6 is 0 Å². The van der Waals surface area contributed by atoms with Crippen LogP contribution in [0.3, 0.4) is 0 Å². The van der Waals surface area contributed by atoms with E-state index >= 15 is 0 Å². The van der Waals surface area contributed by atoms with Crippen LogP contribution in [-0.4, -0.2) is 57.9 Å². The van der Waals surface area contributed by atoms with Crippen molar-refractivity contribution in [1.82, 2.24) is 5.32 Å². The van der Waals surface area contributed by atoms with E-state index in [0.717, 1.165) is 0 Å². The molecule has 5 nitrogen and oxygen atoms in total. The van der Waals surface area contributed by atoms with Crippen LogP contribution in [0.4, 0.5) is 0 Å². The Bertz CT molecular complexity index is 143. The van der Waals surface area contributed by atoms with Gasteiger partial charge in [0, 0.05) is 13.0 Å².